The van der Waals surface area contributed by atoms with Gasteiger partial charge in [-0.25, -0.2) is 4.79 Å². The predicted molar refractivity (Wildman–Crippen MR) is 108 cm³/mol. The summed E-state index contributed by atoms with van der Waals surface area (Å²) in [6.07, 6.45) is 1.35. The first-order valence-electron chi connectivity index (χ1n) is 9.07. The van der Waals surface area contributed by atoms with Gasteiger partial charge in [-0.1, -0.05) is 63.2 Å². The molecule has 1 atom stereocenters. The molecule has 4 nitrogen and oxygen atoms in total. The number of urea groups is 1. The fourth-order valence-corrected chi connectivity index (χ4v) is 2.65. The Bertz CT molecular complexity index is 701. The maximum absolute atomic E-state index is 12.1. The van der Waals surface area contributed by atoms with E-state index in [1.54, 1.807) is 6.92 Å². The number of carbonyl (C=O) groups excluding carboxylic acids is 1. The Labute approximate surface area is 156 Å². The van der Waals surface area contributed by atoms with Crippen molar-refractivity contribution >= 4 is 11.7 Å². The standard InChI is InChI=1S/C22H30N2O2/c1-21(2,3)18-10-12-19(13-11-18)24-20(25)23-16-22(4,26)15-14-17-8-6-5-7-9-17/h5-13,26H,14-16H2,1-4H3,(H2,23,24,25). The lowest BCUT2D eigenvalue weighted by Gasteiger charge is -2.24. The third-order valence-corrected chi connectivity index (χ3v) is 4.43. The van der Waals surface area contributed by atoms with E-state index in [9.17, 15) is 9.90 Å². The van der Waals surface area contributed by atoms with Crippen molar-refractivity contribution in [3.05, 3.63) is 65.7 Å². The fraction of sp³-hybridized carbons (Fsp3) is 0.409. The maximum Gasteiger partial charge on any atom is 0.319 e. The lowest BCUT2D eigenvalue weighted by atomic mass is 9.87. The van der Waals surface area contributed by atoms with E-state index in [0.717, 1.165) is 12.1 Å². The average Bonchev–Trinajstić information content (AvgIpc) is 2.59. The average molecular weight is 354 g/mol. The molecule has 4 heteroatoms. The van der Waals surface area contributed by atoms with Crippen molar-refractivity contribution in [2.24, 2.45) is 0 Å². The molecular weight excluding hydrogens is 324 g/mol. The maximum atomic E-state index is 12.1. The second-order valence-electron chi connectivity index (χ2n) is 8.12. The number of hydrogen-bond acceptors (Lipinski definition) is 2. The molecule has 0 aliphatic heterocycles. The van der Waals surface area contributed by atoms with Crippen LogP contribution in [-0.4, -0.2) is 23.3 Å². The molecule has 0 radical (unpaired) electrons. The number of aryl methyl sites for hydroxylation is 1. The Morgan fingerprint density at radius 1 is 0.962 bits per heavy atom. The third kappa shape index (κ3) is 6.52. The molecule has 140 valence electrons. The summed E-state index contributed by atoms with van der Waals surface area (Å²) in [6, 6.07) is 17.5. The first-order valence-corrected chi connectivity index (χ1v) is 9.07. The van der Waals surface area contributed by atoms with Gasteiger partial charge in [-0.2, -0.15) is 0 Å². The van der Waals surface area contributed by atoms with Gasteiger partial charge in [0.25, 0.3) is 0 Å². The van der Waals surface area contributed by atoms with Crippen molar-refractivity contribution in [3.63, 3.8) is 0 Å². The van der Waals surface area contributed by atoms with Crippen molar-refractivity contribution < 1.29 is 9.90 Å². The van der Waals surface area contributed by atoms with Crippen LogP contribution in [0.25, 0.3) is 0 Å². The van der Waals surface area contributed by atoms with Gasteiger partial charge in [0.2, 0.25) is 0 Å². The highest BCUT2D eigenvalue weighted by Gasteiger charge is 2.21. The van der Waals surface area contributed by atoms with Gasteiger partial charge in [-0.15, -0.1) is 0 Å². The number of rotatable bonds is 6. The second-order valence-corrected chi connectivity index (χ2v) is 8.12. The minimum absolute atomic E-state index is 0.0816. The molecule has 2 rings (SSSR count). The van der Waals surface area contributed by atoms with Gasteiger partial charge in [0.05, 0.1) is 5.60 Å². The Hall–Kier alpha value is -2.33. The van der Waals surface area contributed by atoms with Crippen LogP contribution in [0.2, 0.25) is 0 Å². The van der Waals surface area contributed by atoms with E-state index in [0.29, 0.717) is 6.42 Å². The normalized spacial score (nSPS) is 13.7. The highest BCUT2D eigenvalue weighted by Crippen LogP contribution is 2.23. The summed E-state index contributed by atoms with van der Waals surface area (Å²) in [5.74, 6) is 0. The summed E-state index contributed by atoms with van der Waals surface area (Å²) >= 11 is 0. The van der Waals surface area contributed by atoms with Crippen LogP contribution in [0.15, 0.2) is 54.6 Å². The van der Waals surface area contributed by atoms with Gasteiger partial charge >= 0.3 is 6.03 Å². The van der Waals surface area contributed by atoms with Crippen LogP contribution in [-0.2, 0) is 11.8 Å². The topological polar surface area (TPSA) is 61.4 Å². The highest BCUT2D eigenvalue weighted by molar-refractivity contribution is 5.89. The molecule has 2 amide bonds. The molecule has 0 saturated heterocycles. The molecule has 0 aliphatic rings. The van der Waals surface area contributed by atoms with Gasteiger partial charge in [-0.05, 0) is 48.4 Å². The zero-order valence-electron chi connectivity index (χ0n) is 16.2. The van der Waals surface area contributed by atoms with Gasteiger partial charge in [-0.3, -0.25) is 0 Å². The van der Waals surface area contributed by atoms with Crippen LogP contribution in [0, 0.1) is 0 Å². The molecule has 26 heavy (non-hydrogen) atoms. The lowest BCUT2D eigenvalue weighted by molar-refractivity contribution is 0.0539. The van der Waals surface area contributed by atoms with Crippen molar-refractivity contribution in [3.8, 4) is 0 Å². The quantitative estimate of drug-likeness (QED) is 0.716. The van der Waals surface area contributed by atoms with E-state index in [1.807, 2.05) is 54.6 Å². The Morgan fingerprint density at radius 2 is 1.58 bits per heavy atom. The summed E-state index contributed by atoms with van der Waals surface area (Å²) in [4.78, 5) is 12.1. The first kappa shape index (κ1) is 20.0. The molecule has 0 aliphatic carbocycles. The zero-order chi connectivity index (χ0) is 19.2. The van der Waals surface area contributed by atoms with Crippen LogP contribution in [0.3, 0.4) is 0 Å². The summed E-state index contributed by atoms with van der Waals surface area (Å²) < 4.78 is 0. The Kier molecular flexibility index (Phi) is 6.43. The first-order chi connectivity index (χ1) is 12.2. The van der Waals surface area contributed by atoms with Crippen LogP contribution in [0.4, 0.5) is 10.5 Å². The van der Waals surface area contributed by atoms with Crippen LogP contribution >= 0.6 is 0 Å². The summed E-state index contributed by atoms with van der Waals surface area (Å²) in [5, 5.41) is 16.0. The molecule has 1 unspecified atom stereocenters. The van der Waals surface area contributed by atoms with Crippen molar-refractivity contribution in [2.75, 3.05) is 11.9 Å². The smallest absolute Gasteiger partial charge is 0.319 e. The summed E-state index contributed by atoms with van der Waals surface area (Å²) in [5.41, 5.74) is 2.25. The molecule has 2 aromatic carbocycles. The second kappa shape index (κ2) is 8.37. The molecule has 0 heterocycles. The SMILES string of the molecule is CC(O)(CCc1ccccc1)CNC(=O)Nc1ccc(C(C)(C)C)cc1. The van der Waals surface area contributed by atoms with E-state index >= 15 is 0 Å². The van der Waals surface area contributed by atoms with Crippen LogP contribution in [0.5, 0.6) is 0 Å². The zero-order valence-corrected chi connectivity index (χ0v) is 16.2. The number of anilines is 1. The molecule has 2 aromatic rings. The van der Waals surface area contributed by atoms with E-state index in [2.05, 4.69) is 31.4 Å². The fourth-order valence-electron chi connectivity index (χ4n) is 2.65. The Morgan fingerprint density at radius 3 is 2.15 bits per heavy atom. The summed E-state index contributed by atoms with van der Waals surface area (Å²) in [7, 11) is 0. The minimum Gasteiger partial charge on any atom is -0.388 e. The number of aliphatic hydroxyl groups is 1. The molecule has 0 aromatic heterocycles. The monoisotopic (exact) mass is 354 g/mol. The predicted octanol–water partition coefficient (Wildman–Crippen LogP) is 4.49. The summed E-state index contributed by atoms with van der Waals surface area (Å²) in [6.45, 7) is 8.40. The number of amides is 2. The lowest BCUT2D eigenvalue weighted by Crippen LogP contribution is -2.42. The molecule has 0 fully saturated rings. The van der Waals surface area contributed by atoms with Crippen LogP contribution in [0.1, 0.15) is 45.2 Å². The van der Waals surface area contributed by atoms with Crippen molar-refractivity contribution in [1.82, 2.24) is 5.32 Å². The van der Waals surface area contributed by atoms with E-state index in [1.165, 1.54) is 11.1 Å². The molecule has 0 saturated carbocycles. The van der Waals surface area contributed by atoms with Gasteiger partial charge in [0.1, 0.15) is 0 Å². The van der Waals surface area contributed by atoms with Gasteiger partial charge in [0.15, 0.2) is 0 Å². The van der Waals surface area contributed by atoms with E-state index in [-0.39, 0.29) is 18.0 Å². The van der Waals surface area contributed by atoms with Crippen LogP contribution < -0.4 is 10.6 Å². The molecule has 0 bridgehead atoms. The van der Waals surface area contributed by atoms with Gasteiger partial charge in [0, 0.05) is 12.2 Å². The number of benzene rings is 2. The van der Waals surface area contributed by atoms with Crippen molar-refractivity contribution in [2.45, 2.75) is 51.6 Å². The Balaban J connectivity index is 1.80. The molecular formula is C22H30N2O2. The van der Waals surface area contributed by atoms with Crippen molar-refractivity contribution in [1.29, 1.82) is 0 Å². The third-order valence-electron chi connectivity index (χ3n) is 4.43. The minimum atomic E-state index is -0.955. The van der Waals surface area contributed by atoms with E-state index in [4.69, 9.17) is 0 Å². The van der Waals surface area contributed by atoms with Gasteiger partial charge < -0.3 is 15.7 Å². The molecule has 3 N–H and O–H groups in total. The largest absolute Gasteiger partial charge is 0.388 e. The number of hydrogen-bond donors (Lipinski definition) is 3. The number of carbonyl (C=O) groups is 1. The highest BCUT2D eigenvalue weighted by atomic mass is 16.3. The van der Waals surface area contributed by atoms with E-state index < -0.39 is 5.60 Å². The molecule has 0 spiro atoms. The number of nitrogens with one attached hydrogen (secondary N) is 2.